The normalized spacial score (nSPS) is 11.3. The zero-order valence-electron chi connectivity index (χ0n) is 14.5. The Labute approximate surface area is 163 Å². The van der Waals surface area contributed by atoms with Gasteiger partial charge in [-0.3, -0.25) is 4.79 Å². The Hall–Kier alpha value is -2.63. The van der Waals surface area contributed by atoms with E-state index in [0.29, 0.717) is 10.6 Å². The van der Waals surface area contributed by atoms with E-state index in [1.807, 2.05) is 25.1 Å². The van der Waals surface area contributed by atoms with Crippen molar-refractivity contribution < 1.29 is 18.3 Å². The van der Waals surface area contributed by atoms with Crippen LogP contribution in [0, 0.1) is 6.92 Å². The number of hydrogen-bond donors (Lipinski definition) is 1. The van der Waals surface area contributed by atoms with Crippen LogP contribution in [0.1, 0.15) is 11.1 Å². The second-order valence-electron chi connectivity index (χ2n) is 6.21. The van der Waals surface area contributed by atoms with Crippen LogP contribution in [0.25, 0.3) is 11.1 Å². The van der Waals surface area contributed by atoms with Crippen molar-refractivity contribution in [3.05, 3.63) is 82.9 Å². The third-order valence-electron chi connectivity index (χ3n) is 4.21. The number of carbonyl (C=O) groups is 1. The van der Waals surface area contributed by atoms with E-state index >= 15 is 0 Å². The molecule has 0 amide bonds. The molecule has 6 heteroatoms. The monoisotopic (exact) mass is 400 g/mol. The molecule has 0 heterocycles. The maximum absolute atomic E-state index is 13.0. The highest BCUT2D eigenvalue weighted by Crippen LogP contribution is 2.30. The lowest BCUT2D eigenvalue weighted by Crippen LogP contribution is -2.05. The van der Waals surface area contributed by atoms with Crippen LogP contribution in [-0.4, -0.2) is 19.5 Å². The minimum atomic E-state index is -3.77. The molecule has 0 aromatic heterocycles. The van der Waals surface area contributed by atoms with Crippen LogP contribution in [0.5, 0.6) is 0 Å². The molecule has 1 N–H and O–H groups in total. The Morgan fingerprint density at radius 3 is 2.30 bits per heavy atom. The molecule has 0 bridgehead atoms. The van der Waals surface area contributed by atoms with Gasteiger partial charge in [-0.1, -0.05) is 41.9 Å². The molecule has 3 rings (SSSR count). The fourth-order valence-corrected chi connectivity index (χ4v) is 4.52. The highest BCUT2D eigenvalue weighted by Gasteiger charge is 2.19. The summed E-state index contributed by atoms with van der Waals surface area (Å²) in [5, 5.41) is 9.55. The van der Waals surface area contributed by atoms with Crippen molar-refractivity contribution in [1.82, 2.24) is 0 Å². The Bertz CT molecular complexity index is 1120. The molecule has 0 saturated carbocycles. The molecule has 0 unspecified atom stereocenters. The van der Waals surface area contributed by atoms with E-state index in [1.165, 1.54) is 18.2 Å². The third-order valence-corrected chi connectivity index (χ3v) is 6.19. The topological polar surface area (TPSA) is 71.4 Å². The highest BCUT2D eigenvalue weighted by molar-refractivity contribution is 7.91. The standard InChI is InChI=1S/C21H17ClO4S/c1-14-10-17(22)8-9-20(14)16-5-3-7-19(13-16)27(25,26)18-6-2-4-15(11-18)12-21(23)24/h2-11,13H,12H2,1H3,(H,23,24). The van der Waals surface area contributed by atoms with E-state index < -0.39 is 15.8 Å². The second-order valence-corrected chi connectivity index (χ2v) is 8.59. The molecule has 0 spiro atoms. The van der Waals surface area contributed by atoms with Crippen molar-refractivity contribution in [2.45, 2.75) is 23.1 Å². The Morgan fingerprint density at radius 2 is 1.63 bits per heavy atom. The zero-order chi connectivity index (χ0) is 19.6. The van der Waals surface area contributed by atoms with Crippen LogP contribution in [0.15, 0.2) is 76.5 Å². The fraction of sp³-hybridized carbons (Fsp3) is 0.0952. The van der Waals surface area contributed by atoms with Gasteiger partial charge in [0.2, 0.25) is 9.84 Å². The van der Waals surface area contributed by atoms with Crippen molar-refractivity contribution in [3.63, 3.8) is 0 Å². The van der Waals surface area contributed by atoms with Gasteiger partial charge in [0.15, 0.2) is 0 Å². The van der Waals surface area contributed by atoms with Crippen LogP contribution in [-0.2, 0) is 21.1 Å². The summed E-state index contributed by atoms with van der Waals surface area (Å²) in [6.45, 7) is 1.91. The van der Waals surface area contributed by atoms with Crippen molar-refractivity contribution in [2.24, 2.45) is 0 Å². The molecule has 0 aliphatic heterocycles. The number of carboxylic acids is 1. The summed E-state index contributed by atoms with van der Waals surface area (Å²) < 4.78 is 26.1. The maximum atomic E-state index is 13.0. The Morgan fingerprint density at radius 1 is 0.963 bits per heavy atom. The zero-order valence-corrected chi connectivity index (χ0v) is 16.1. The Kier molecular flexibility index (Phi) is 5.35. The van der Waals surface area contributed by atoms with Crippen molar-refractivity contribution >= 4 is 27.4 Å². The number of benzene rings is 3. The van der Waals surface area contributed by atoms with Crippen LogP contribution in [0.4, 0.5) is 0 Å². The fourth-order valence-electron chi connectivity index (χ4n) is 2.92. The van der Waals surface area contributed by atoms with Gasteiger partial charge in [0.1, 0.15) is 0 Å². The van der Waals surface area contributed by atoms with Gasteiger partial charge in [-0.25, -0.2) is 8.42 Å². The first kappa shape index (κ1) is 19.1. The van der Waals surface area contributed by atoms with E-state index in [9.17, 15) is 13.2 Å². The minimum Gasteiger partial charge on any atom is -0.481 e. The lowest BCUT2D eigenvalue weighted by Gasteiger charge is -2.10. The first-order valence-electron chi connectivity index (χ1n) is 8.20. The average molecular weight is 401 g/mol. The van der Waals surface area contributed by atoms with Gasteiger partial charge in [0.25, 0.3) is 0 Å². The smallest absolute Gasteiger partial charge is 0.307 e. The summed E-state index contributed by atoms with van der Waals surface area (Å²) in [5.41, 5.74) is 3.05. The van der Waals surface area contributed by atoms with E-state index in [0.717, 1.165) is 16.7 Å². The van der Waals surface area contributed by atoms with Crippen LogP contribution >= 0.6 is 11.6 Å². The molecule has 0 radical (unpaired) electrons. The molecule has 3 aromatic rings. The van der Waals surface area contributed by atoms with Gasteiger partial charge < -0.3 is 5.11 Å². The molecule has 3 aromatic carbocycles. The number of carboxylic acid groups (broad SMARTS) is 1. The first-order chi connectivity index (χ1) is 12.8. The maximum Gasteiger partial charge on any atom is 0.307 e. The van der Waals surface area contributed by atoms with Crippen molar-refractivity contribution in [2.75, 3.05) is 0 Å². The number of aryl methyl sites for hydroxylation is 1. The largest absolute Gasteiger partial charge is 0.481 e. The molecule has 0 aliphatic rings. The number of hydrogen-bond acceptors (Lipinski definition) is 3. The molecule has 4 nitrogen and oxygen atoms in total. The number of rotatable bonds is 5. The quantitative estimate of drug-likeness (QED) is 0.669. The molecule has 0 atom stereocenters. The van der Waals surface area contributed by atoms with Gasteiger partial charge in [-0.15, -0.1) is 0 Å². The van der Waals surface area contributed by atoms with Gasteiger partial charge in [-0.2, -0.15) is 0 Å². The predicted octanol–water partition coefficient (Wildman–Crippen LogP) is 4.78. The molecule has 27 heavy (non-hydrogen) atoms. The van der Waals surface area contributed by atoms with Crippen molar-refractivity contribution in [1.29, 1.82) is 0 Å². The summed E-state index contributed by atoms with van der Waals surface area (Å²) in [6.07, 6.45) is -0.229. The summed E-state index contributed by atoms with van der Waals surface area (Å²) in [7, 11) is -3.77. The molecule has 0 fully saturated rings. The summed E-state index contributed by atoms with van der Waals surface area (Å²) in [4.78, 5) is 11.1. The molecular weight excluding hydrogens is 384 g/mol. The number of aliphatic carboxylic acids is 1. The summed E-state index contributed by atoms with van der Waals surface area (Å²) in [6, 6.07) is 18.2. The van der Waals surface area contributed by atoms with Crippen LogP contribution in [0.3, 0.4) is 0 Å². The molecule has 138 valence electrons. The van der Waals surface area contributed by atoms with E-state index in [-0.39, 0.29) is 16.2 Å². The third kappa shape index (κ3) is 4.21. The lowest BCUT2D eigenvalue weighted by atomic mass is 10.0. The number of halogens is 1. The minimum absolute atomic E-state index is 0.0752. The van der Waals surface area contributed by atoms with E-state index in [1.54, 1.807) is 30.3 Å². The molecular formula is C21H17ClO4S. The predicted molar refractivity (Wildman–Crippen MR) is 105 cm³/mol. The molecule has 0 saturated heterocycles. The number of sulfone groups is 1. The van der Waals surface area contributed by atoms with Gasteiger partial charge in [0, 0.05) is 5.02 Å². The lowest BCUT2D eigenvalue weighted by molar-refractivity contribution is -0.136. The van der Waals surface area contributed by atoms with Gasteiger partial charge >= 0.3 is 5.97 Å². The van der Waals surface area contributed by atoms with Gasteiger partial charge in [-0.05, 0) is 65.6 Å². The molecule has 0 aliphatic carbocycles. The van der Waals surface area contributed by atoms with E-state index in [2.05, 4.69) is 0 Å². The summed E-state index contributed by atoms with van der Waals surface area (Å²) >= 11 is 6.00. The van der Waals surface area contributed by atoms with Crippen LogP contribution < -0.4 is 0 Å². The SMILES string of the molecule is Cc1cc(Cl)ccc1-c1cccc(S(=O)(=O)c2cccc(CC(=O)O)c2)c1. The van der Waals surface area contributed by atoms with Crippen LogP contribution in [0.2, 0.25) is 5.02 Å². The highest BCUT2D eigenvalue weighted by atomic mass is 35.5. The average Bonchev–Trinajstić information content (AvgIpc) is 2.61. The van der Waals surface area contributed by atoms with E-state index in [4.69, 9.17) is 16.7 Å². The second kappa shape index (κ2) is 7.55. The van der Waals surface area contributed by atoms with Gasteiger partial charge in [0.05, 0.1) is 16.2 Å². The summed E-state index contributed by atoms with van der Waals surface area (Å²) in [5.74, 6) is -1.01. The Balaban J connectivity index is 2.04. The first-order valence-corrected chi connectivity index (χ1v) is 10.1. The van der Waals surface area contributed by atoms with Crippen molar-refractivity contribution in [3.8, 4) is 11.1 Å².